The van der Waals surface area contributed by atoms with Crippen molar-refractivity contribution in [1.82, 2.24) is 0 Å². The molecule has 0 spiro atoms. The summed E-state index contributed by atoms with van der Waals surface area (Å²) < 4.78 is 10.4. The largest absolute Gasteiger partial charge is 0.497 e. The molecule has 4 fully saturated rings. The Labute approximate surface area is 152 Å². The van der Waals surface area contributed by atoms with Gasteiger partial charge in [-0.25, -0.2) is 0 Å². The zero-order valence-electron chi connectivity index (χ0n) is 15.0. The van der Waals surface area contributed by atoms with Gasteiger partial charge in [-0.1, -0.05) is 0 Å². The van der Waals surface area contributed by atoms with E-state index < -0.39 is 11.0 Å². The van der Waals surface area contributed by atoms with Gasteiger partial charge < -0.3 is 19.9 Å². The molecule has 0 heterocycles. The highest BCUT2D eigenvalue weighted by atomic mass is 16.5. The predicted octanol–water partition coefficient (Wildman–Crippen LogP) is 2.51. The number of carbonyl (C=O) groups is 2. The number of rotatable bonds is 5. The van der Waals surface area contributed by atoms with E-state index in [9.17, 15) is 14.7 Å². The molecule has 4 aliphatic carbocycles. The number of amides is 1. The van der Waals surface area contributed by atoms with Gasteiger partial charge in [-0.3, -0.25) is 9.59 Å². The molecule has 2 N–H and O–H groups in total. The quantitative estimate of drug-likeness (QED) is 0.789. The zero-order valence-corrected chi connectivity index (χ0v) is 15.0. The second-order valence-corrected chi connectivity index (χ2v) is 8.32. The van der Waals surface area contributed by atoms with Crippen LogP contribution in [0.2, 0.25) is 0 Å². The Balaban J connectivity index is 1.34. The molecule has 1 aromatic carbocycles. The standard InChI is InChI=1S/C20H25NO5/c1-25-16-4-2-15(3-5-16)21-17(22)11-26-18(23)19-7-13-6-14(8-19)10-20(24,9-13)12-19/h2-5,13-14,24H,6-12H2,1H3,(H,21,22)/t13-,14-,19?,20?/m1/s1. The minimum absolute atomic E-state index is 0.305. The van der Waals surface area contributed by atoms with Gasteiger partial charge in [0, 0.05) is 5.69 Å². The molecule has 0 saturated heterocycles. The number of methoxy groups -OCH3 is 1. The fourth-order valence-electron chi connectivity index (χ4n) is 5.61. The Morgan fingerprint density at radius 2 is 1.81 bits per heavy atom. The molecule has 5 rings (SSSR count). The van der Waals surface area contributed by atoms with Crippen LogP contribution in [0.1, 0.15) is 38.5 Å². The maximum Gasteiger partial charge on any atom is 0.312 e. The first kappa shape index (κ1) is 17.3. The second-order valence-electron chi connectivity index (χ2n) is 8.32. The molecule has 0 unspecified atom stereocenters. The fraction of sp³-hybridized carbons (Fsp3) is 0.600. The smallest absolute Gasteiger partial charge is 0.312 e. The average Bonchev–Trinajstić information content (AvgIpc) is 2.58. The van der Waals surface area contributed by atoms with Crippen molar-refractivity contribution in [2.45, 2.75) is 44.1 Å². The van der Waals surface area contributed by atoms with Crippen LogP contribution < -0.4 is 10.1 Å². The summed E-state index contributed by atoms with van der Waals surface area (Å²) in [6, 6.07) is 6.95. The molecule has 4 aliphatic rings. The van der Waals surface area contributed by atoms with Crippen molar-refractivity contribution < 1.29 is 24.2 Å². The van der Waals surface area contributed by atoms with E-state index >= 15 is 0 Å². The summed E-state index contributed by atoms with van der Waals surface area (Å²) in [5.74, 6) is 0.819. The van der Waals surface area contributed by atoms with Gasteiger partial charge in [0.25, 0.3) is 5.91 Å². The Morgan fingerprint density at radius 1 is 1.15 bits per heavy atom. The highest BCUT2D eigenvalue weighted by Gasteiger charge is 2.60. The topological polar surface area (TPSA) is 84.9 Å². The van der Waals surface area contributed by atoms with Crippen molar-refractivity contribution in [3.63, 3.8) is 0 Å². The van der Waals surface area contributed by atoms with E-state index in [4.69, 9.17) is 9.47 Å². The Hall–Kier alpha value is -2.08. The van der Waals surface area contributed by atoms with Crippen LogP contribution in [0.3, 0.4) is 0 Å². The lowest BCUT2D eigenvalue weighted by Gasteiger charge is -2.58. The fourth-order valence-corrected chi connectivity index (χ4v) is 5.61. The third-order valence-corrected chi connectivity index (χ3v) is 6.17. The first-order valence-corrected chi connectivity index (χ1v) is 9.23. The molecule has 0 aliphatic heterocycles. The summed E-state index contributed by atoms with van der Waals surface area (Å²) in [7, 11) is 1.58. The van der Waals surface area contributed by atoms with E-state index in [0.29, 0.717) is 29.7 Å². The van der Waals surface area contributed by atoms with Gasteiger partial charge in [0.2, 0.25) is 0 Å². The number of anilines is 1. The van der Waals surface area contributed by atoms with Gasteiger partial charge >= 0.3 is 5.97 Å². The van der Waals surface area contributed by atoms with E-state index in [1.54, 1.807) is 31.4 Å². The van der Waals surface area contributed by atoms with Gasteiger partial charge in [-0.05, 0) is 74.6 Å². The van der Waals surface area contributed by atoms with Crippen molar-refractivity contribution in [2.75, 3.05) is 19.0 Å². The van der Waals surface area contributed by atoms with Crippen molar-refractivity contribution in [3.05, 3.63) is 24.3 Å². The van der Waals surface area contributed by atoms with E-state index in [2.05, 4.69) is 5.32 Å². The summed E-state index contributed by atoms with van der Waals surface area (Å²) >= 11 is 0. The van der Waals surface area contributed by atoms with Crippen LogP contribution >= 0.6 is 0 Å². The van der Waals surface area contributed by atoms with Crippen molar-refractivity contribution >= 4 is 17.6 Å². The number of nitrogens with one attached hydrogen (secondary N) is 1. The number of hydrogen-bond acceptors (Lipinski definition) is 5. The Bertz CT molecular complexity index is 699. The highest BCUT2D eigenvalue weighted by molar-refractivity contribution is 5.93. The molecule has 140 valence electrons. The van der Waals surface area contributed by atoms with Crippen LogP contribution in [0.15, 0.2) is 24.3 Å². The lowest BCUT2D eigenvalue weighted by Crippen LogP contribution is -2.58. The lowest BCUT2D eigenvalue weighted by atomic mass is 9.48. The van der Waals surface area contributed by atoms with Crippen LogP contribution in [0.4, 0.5) is 5.69 Å². The molecule has 4 saturated carbocycles. The summed E-state index contributed by atoms with van der Waals surface area (Å²) in [6.07, 6.45) is 4.75. The first-order chi connectivity index (χ1) is 12.4. The normalized spacial score (nSPS) is 34.4. The van der Waals surface area contributed by atoms with Gasteiger partial charge in [-0.15, -0.1) is 0 Å². The third-order valence-electron chi connectivity index (χ3n) is 6.17. The molecule has 1 amide bonds. The van der Waals surface area contributed by atoms with E-state index in [1.807, 2.05) is 0 Å². The van der Waals surface area contributed by atoms with Crippen molar-refractivity contribution in [2.24, 2.45) is 17.3 Å². The molecular weight excluding hydrogens is 334 g/mol. The van der Waals surface area contributed by atoms with Gasteiger partial charge in [0.1, 0.15) is 5.75 Å². The molecule has 26 heavy (non-hydrogen) atoms. The maximum absolute atomic E-state index is 12.7. The molecule has 1 aromatic rings. The van der Waals surface area contributed by atoms with Gasteiger partial charge in [-0.2, -0.15) is 0 Å². The number of hydrogen-bond donors (Lipinski definition) is 2. The van der Waals surface area contributed by atoms with E-state index in [0.717, 1.165) is 32.1 Å². The average molecular weight is 359 g/mol. The number of esters is 1. The zero-order chi connectivity index (χ0) is 18.4. The number of aliphatic hydroxyl groups is 1. The molecule has 4 bridgehead atoms. The van der Waals surface area contributed by atoms with Crippen LogP contribution in [0.5, 0.6) is 5.75 Å². The summed E-state index contributed by atoms with van der Waals surface area (Å²) in [4.78, 5) is 24.8. The van der Waals surface area contributed by atoms with E-state index in [-0.39, 0.29) is 18.5 Å². The summed E-state index contributed by atoms with van der Waals surface area (Å²) in [5, 5.41) is 13.4. The molecular formula is C20H25NO5. The molecule has 0 aromatic heterocycles. The van der Waals surface area contributed by atoms with Crippen molar-refractivity contribution in [1.29, 1.82) is 0 Å². The Morgan fingerprint density at radius 3 is 2.38 bits per heavy atom. The monoisotopic (exact) mass is 359 g/mol. The minimum Gasteiger partial charge on any atom is -0.497 e. The van der Waals surface area contributed by atoms with Gasteiger partial charge in [0.05, 0.1) is 18.1 Å². The summed E-state index contributed by atoms with van der Waals surface area (Å²) in [6.45, 7) is -0.305. The molecule has 0 radical (unpaired) electrons. The van der Waals surface area contributed by atoms with Crippen molar-refractivity contribution in [3.8, 4) is 5.75 Å². The summed E-state index contributed by atoms with van der Waals surface area (Å²) in [5.41, 5.74) is -0.691. The lowest BCUT2D eigenvalue weighted by molar-refractivity contribution is -0.196. The molecule has 6 heteroatoms. The van der Waals surface area contributed by atoms with Gasteiger partial charge in [0.15, 0.2) is 6.61 Å². The van der Waals surface area contributed by atoms with Crippen LogP contribution in [-0.2, 0) is 14.3 Å². The third kappa shape index (κ3) is 3.18. The number of benzene rings is 1. The first-order valence-electron chi connectivity index (χ1n) is 9.23. The maximum atomic E-state index is 12.7. The minimum atomic E-state index is -0.714. The number of carbonyl (C=O) groups excluding carboxylic acids is 2. The Kier molecular flexibility index (Phi) is 4.18. The van der Waals surface area contributed by atoms with E-state index in [1.165, 1.54) is 0 Å². The molecule has 2 atom stereocenters. The molecule has 6 nitrogen and oxygen atoms in total. The van der Waals surface area contributed by atoms with Crippen LogP contribution in [-0.4, -0.2) is 36.3 Å². The second kappa shape index (κ2) is 6.27. The van der Waals surface area contributed by atoms with Crippen LogP contribution in [0, 0.1) is 17.3 Å². The van der Waals surface area contributed by atoms with Crippen LogP contribution in [0.25, 0.3) is 0 Å². The highest BCUT2D eigenvalue weighted by Crippen LogP contribution is 2.61. The SMILES string of the molecule is COc1ccc(NC(=O)COC(=O)C23C[C@H]4C[C@@H](CC(O)(C4)C2)C3)cc1. The predicted molar refractivity (Wildman–Crippen MR) is 94.6 cm³/mol. The number of ether oxygens (including phenoxy) is 2.